The molecule has 3 aromatic rings. The molecule has 112 valence electrons. The van der Waals surface area contributed by atoms with E-state index in [1.54, 1.807) is 6.92 Å². The molecule has 4 nitrogen and oxygen atoms in total. The van der Waals surface area contributed by atoms with Crippen LogP contribution in [0.3, 0.4) is 0 Å². The minimum atomic E-state index is -0.557. The van der Waals surface area contributed by atoms with Gasteiger partial charge in [-0.05, 0) is 42.8 Å². The fourth-order valence-electron chi connectivity index (χ4n) is 2.45. The van der Waals surface area contributed by atoms with Crippen molar-refractivity contribution in [2.45, 2.75) is 13.0 Å². The van der Waals surface area contributed by atoms with E-state index in [0.29, 0.717) is 0 Å². The second-order valence-corrected chi connectivity index (χ2v) is 5.94. The zero-order valence-corrected chi connectivity index (χ0v) is 13.2. The summed E-state index contributed by atoms with van der Waals surface area (Å²) >= 11 is 3.35. The summed E-state index contributed by atoms with van der Waals surface area (Å²) in [5, 5.41) is 0.282. The number of H-pyrrole nitrogens is 1. The zero-order valence-electron chi connectivity index (χ0n) is 11.6. The molecule has 3 rings (SSSR count). The molecule has 0 saturated heterocycles. The molecule has 1 heterocycles. The summed E-state index contributed by atoms with van der Waals surface area (Å²) < 4.78 is 15.3. The lowest BCUT2D eigenvalue weighted by Gasteiger charge is -2.15. The van der Waals surface area contributed by atoms with Gasteiger partial charge in [-0.15, -0.1) is 0 Å². The third kappa shape index (κ3) is 2.50. The summed E-state index contributed by atoms with van der Waals surface area (Å²) in [4.78, 5) is 27.3. The summed E-state index contributed by atoms with van der Waals surface area (Å²) in [6, 6.07) is 10.7. The maximum Gasteiger partial charge on any atom is 0.329 e. The lowest BCUT2D eigenvalue weighted by atomic mass is 10.1. The first-order valence-electron chi connectivity index (χ1n) is 6.67. The molecule has 0 radical (unpaired) electrons. The van der Waals surface area contributed by atoms with Gasteiger partial charge in [0.2, 0.25) is 0 Å². The van der Waals surface area contributed by atoms with E-state index in [-0.39, 0.29) is 10.9 Å². The number of nitrogens with zero attached hydrogens (tertiary/aromatic N) is 1. The molecule has 6 heteroatoms. The van der Waals surface area contributed by atoms with Crippen LogP contribution >= 0.6 is 15.9 Å². The van der Waals surface area contributed by atoms with Crippen LogP contribution in [0.1, 0.15) is 18.5 Å². The van der Waals surface area contributed by atoms with Crippen molar-refractivity contribution < 1.29 is 4.39 Å². The molecule has 0 aliphatic heterocycles. The molecule has 0 fully saturated rings. The highest BCUT2D eigenvalue weighted by atomic mass is 79.9. The molecule has 0 bridgehead atoms. The molecule has 22 heavy (non-hydrogen) atoms. The van der Waals surface area contributed by atoms with Crippen LogP contribution in [-0.4, -0.2) is 9.55 Å². The Morgan fingerprint density at radius 1 is 1.14 bits per heavy atom. The number of aromatic nitrogens is 2. The Labute approximate surface area is 133 Å². The number of fused-ring (bicyclic) bond motifs is 1. The van der Waals surface area contributed by atoms with Gasteiger partial charge in [0.15, 0.2) is 0 Å². The summed E-state index contributed by atoms with van der Waals surface area (Å²) in [5.74, 6) is -0.499. The molecule has 0 saturated carbocycles. The lowest BCUT2D eigenvalue weighted by molar-refractivity contribution is 0.584. The van der Waals surface area contributed by atoms with Crippen LogP contribution in [0.25, 0.3) is 10.9 Å². The van der Waals surface area contributed by atoms with Gasteiger partial charge in [0.1, 0.15) is 5.82 Å². The minimum Gasteiger partial charge on any atom is -0.307 e. The Morgan fingerprint density at radius 3 is 2.50 bits per heavy atom. The summed E-state index contributed by atoms with van der Waals surface area (Å²) in [6.07, 6.45) is 0. The zero-order chi connectivity index (χ0) is 15.9. The van der Waals surface area contributed by atoms with Crippen LogP contribution in [0.2, 0.25) is 0 Å². The van der Waals surface area contributed by atoms with Gasteiger partial charge in [-0.2, -0.15) is 0 Å². The molecule has 1 aromatic heterocycles. The minimum absolute atomic E-state index is 0.203. The Bertz CT molecular complexity index is 961. The maximum absolute atomic E-state index is 13.2. The highest BCUT2D eigenvalue weighted by molar-refractivity contribution is 9.10. The topological polar surface area (TPSA) is 54.9 Å². The predicted octanol–water partition coefficient (Wildman–Crippen LogP) is 3.20. The first-order valence-corrected chi connectivity index (χ1v) is 7.46. The van der Waals surface area contributed by atoms with Gasteiger partial charge in [-0.25, -0.2) is 9.18 Å². The molecular formula is C16H12BrFN2O2. The number of benzene rings is 2. The quantitative estimate of drug-likeness (QED) is 0.760. The summed E-state index contributed by atoms with van der Waals surface area (Å²) in [7, 11) is 0. The van der Waals surface area contributed by atoms with E-state index in [2.05, 4.69) is 20.9 Å². The molecule has 0 amide bonds. The molecule has 0 aliphatic rings. The number of hydrogen-bond donors (Lipinski definition) is 1. The predicted molar refractivity (Wildman–Crippen MR) is 86.7 cm³/mol. The van der Waals surface area contributed by atoms with Crippen molar-refractivity contribution in [3.63, 3.8) is 0 Å². The molecule has 2 aromatic carbocycles. The highest BCUT2D eigenvalue weighted by Gasteiger charge is 2.15. The first kappa shape index (κ1) is 14.7. The van der Waals surface area contributed by atoms with Gasteiger partial charge in [-0.1, -0.05) is 28.1 Å². The molecule has 1 N–H and O–H groups in total. The second-order valence-electron chi connectivity index (χ2n) is 5.02. The van der Waals surface area contributed by atoms with Crippen LogP contribution in [0.15, 0.2) is 56.5 Å². The van der Waals surface area contributed by atoms with Crippen molar-refractivity contribution in [1.82, 2.24) is 9.55 Å². The van der Waals surface area contributed by atoms with E-state index in [9.17, 15) is 14.0 Å². The number of nitrogens with one attached hydrogen (secondary N) is 1. The van der Waals surface area contributed by atoms with E-state index < -0.39 is 23.1 Å². The standard InChI is InChI=1S/C16H12BrFN2O2/c1-9(10-2-4-11(17)5-3-10)20-15(21)13-7-6-12(18)8-14(13)19-16(20)22/h2-9H,1H3,(H,19,22). The van der Waals surface area contributed by atoms with E-state index in [1.165, 1.54) is 12.1 Å². The van der Waals surface area contributed by atoms with Crippen molar-refractivity contribution in [1.29, 1.82) is 0 Å². The van der Waals surface area contributed by atoms with Crippen molar-refractivity contribution in [2.24, 2.45) is 0 Å². The van der Waals surface area contributed by atoms with Crippen molar-refractivity contribution in [2.75, 3.05) is 0 Å². The Morgan fingerprint density at radius 2 is 1.82 bits per heavy atom. The average molecular weight is 363 g/mol. The number of aromatic amines is 1. The van der Waals surface area contributed by atoms with E-state index >= 15 is 0 Å². The van der Waals surface area contributed by atoms with Gasteiger partial charge in [-0.3, -0.25) is 9.36 Å². The van der Waals surface area contributed by atoms with Crippen molar-refractivity contribution in [3.05, 3.63) is 79.2 Å². The normalized spacial score (nSPS) is 12.5. The van der Waals surface area contributed by atoms with Crippen molar-refractivity contribution in [3.8, 4) is 0 Å². The van der Waals surface area contributed by atoms with Crippen LogP contribution in [-0.2, 0) is 0 Å². The summed E-state index contributed by atoms with van der Waals surface area (Å²) in [5.41, 5.74) is 0.0409. The third-order valence-corrected chi connectivity index (χ3v) is 4.16. The van der Waals surface area contributed by atoms with E-state index in [4.69, 9.17) is 0 Å². The Hall–Kier alpha value is -2.21. The fraction of sp³-hybridized carbons (Fsp3) is 0.125. The van der Waals surface area contributed by atoms with Crippen LogP contribution in [0.5, 0.6) is 0 Å². The first-order chi connectivity index (χ1) is 10.5. The van der Waals surface area contributed by atoms with Gasteiger partial charge in [0, 0.05) is 4.47 Å². The summed E-state index contributed by atoms with van der Waals surface area (Å²) in [6.45, 7) is 1.77. The lowest BCUT2D eigenvalue weighted by Crippen LogP contribution is -2.37. The molecule has 0 aliphatic carbocycles. The van der Waals surface area contributed by atoms with Gasteiger partial charge in [0.05, 0.1) is 16.9 Å². The van der Waals surface area contributed by atoms with E-state index in [1.807, 2.05) is 24.3 Å². The average Bonchev–Trinajstić information content (AvgIpc) is 2.47. The van der Waals surface area contributed by atoms with Crippen LogP contribution < -0.4 is 11.2 Å². The molecule has 0 spiro atoms. The number of hydrogen-bond acceptors (Lipinski definition) is 2. The van der Waals surface area contributed by atoms with Crippen molar-refractivity contribution >= 4 is 26.8 Å². The molecule has 1 atom stereocenters. The Kier molecular flexibility index (Phi) is 3.70. The molecule has 1 unspecified atom stereocenters. The monoisotopic (exact) mass is 362 g/mol. The number of rotatable bonds is 2. The fourth-order valence-corrected chi connectivity index (χ4v) is 2.71. The highest BCUT2D eigenvalue weighted by Crippen LogP contribution is 2.18. The number of halogens is 2. The smallest absolute Gasteiger partial charge is 0.307 e. The molecular weight excluding hydrogens is 351 g/mol. The SMILES string of the molecule is CC(c1ccc(Br)cc1)n1c(=O)[nH]c2cc(F)ccc2c1=O. The van der Waals surface area contributed by atoms with E-state index in [0.717, 1.165) is 20.7 Å². The Balaban J connectivity index is 2.22. The van der Waals surface area contributed by atoms with Gasteiger partial charge < -0.3 is 4.98 Å². The van der Waals surface area contributed by atoms with Gasteiger partial charge in [0.25, 0.3) is 5.56 Å². The largest absolute Gasteiger partial charge is 0.329 e. The van der Waals surface area contributed by atoms with Crippen LogP contribution in [0, 0.1) is 5.82 Å². The second kappa shape index (κ2) is 5.53. The third-order valence-electron chi connectivity index (χ3n) is 3.63. The van der Waals surface area contributed by atoms with Gasteiger partial charge >= 0.3 is 5.69 Å². The maximum atomic E-state index is 13.2. The van der Waals surface area contributed by atoms with Crippen LogP contribution in [0.4, 0.5) is 4.39 Å².